The fourth-order valence-corrected chi connectivity index (χ4v) is 2.88. The van der Waals surface area contributed by atoms with Gasteiger partial charge in [0.2, 0.25) is 0 Å². The highest BCUT2D eigenvalue weighted by Gasteiger charge is 2.26. The van der Waals surface area contributed by atoms with Gasteiger partial charge in [-0.1, -0.05) is 13.3 Å². The maximum absolute atomic E-state index is 11.8. The van der Waals surface area contributed by atoms with Crippen molar-refractivity contribution in [2.45, 2.75) is 45.1 Å². The quantitative estimate of drug-likeness (QED) is 0.720. The molecule has 1 amide bonds. The fraction of sp³-hybridized carbons (Fsp3) is 0.625. The zero-order valence-electron chi connectivity index (χ0n) is 12.6. The van der Waals surface area contributed by atoms with Crippen LogP contribution in [0.3, 0.4) is 0 Å². The van der Waals surface area contributed by atoms with Gasteiger partial charge in [0, 0.05) is 25.4 Å². The number of anilines is 1. The summed E-state index contributed by atoms with van der Waals surface area (Å²) in [4.78, 5) is 16.1. The second-order valence-corrected chi connectivity index (χ2v) is 5.64. The van der Waals surface area contributed by atoms with E-state index in [-0.39, 0.29) is 12.5 Å². The number of carbonyl (C=O) groups excluding carboxylic acids is 1. The molecule has 0 bridgehead atoms. The van der Waals surface area contributed by atoms with Crippen LogP contribution in [0.4, 0.5) is 5.82 Å². The van der Waals surface area contributed by atoms with Gasteiger partial charge >= 0.3 is 0 Å². The Labute approximate surface area is 126 Å². The summed E-state index contributed by atoms with van der Waals surface area (Å²) in [6, 6.07) is 4.04. The molecule has 3 N–H and O–H groups in total. The summed E-state index contributed by atoms with van der Waals surface area (Å²) < 4.78 is 0. The van der Waals surface area contributed by atoms with E-state index in [2.05, 4.69) is 15.6 Å². The molecule has 1 heterocycles. The molecule has 1 aromatic rings. The highest BCUT2D eigenvalue weighted by Crippen LogP contribution is 2.30. The normalized spacial score (nSPS) is 21.2. The molecule has 0 saturated heterocycles. The minimum absolute atomic E-state index is 0.0741. The van der Waals surface area contributed by atoms with E-state index in [1.54, 1.807) is 12.3 Å². The second kappa shape index (κ2) is 7.98. The summed E-state index contributed by atoms with van der Waals surface area (Å²) in [5, 5.41) is 15.4. The summed E-state index contributed by atoms with van der Waals surface area (Å²) in [7, 11) is 0. The summed E-state index contributed by atoms with van der Waals surface area (Å²) in [5.41, 5.74) is 0.590. The van der Waals surface area contributed by atoms with Crippen LogP contribution < -0.4 is 10.6 Å². The first kappa shape index (κ1) is 15.8. The minimum Gasteiger partial charge on any atom is -0.396 e. The summed E-state index contributed by atoms with van der Waals surface area (Å²) in [6.07, 6.45) is 6.85. The molecular weight excluding hydrogens is 266 g/mol. The van der Waals surface area contributed by atoms with Crippen LogP contribution in [0.25, 0.3) is 0 Å². The van der Waals surface area contributed by atoms with Crippen molar-refractivity contribution in [3.8, 4) is 0 Å². The van der Waals surface area contributed by atoms with Gasteiger partial charge in [-0.05, 0) is 43.7 Å². The van der Waals surface area contributed by atoms with E-state index in [9.17, 15) is 4.79 Å². The van der Waals surface area contributed by atoms with Crippen molar-refractivity contribution in [1.82, 2.24) is 10.3 Å². The number of amides is 1. The largest absolute Gasteiger partial charge is 0.396 e. The van der Waals surface area contributed by atoms with Gasteiger partial charge in [-0.2, -0.15) is 0 Å². The summed E-state index contributed by atoms with van der Waals surface area (Å²) in [5.74, 6) is 1.25. The van der Waals surface area contributed by atoms with Crippen molar-refractivity contribution in [2.75, 3.05) is 18.5 Å². The van der Waals surface area contributed by atoms with Crippen molar-refractivity contribution in [2.24, 2.45) is 5.92 Å². The topological polar surface area (TPSA) is 74.2 Å². The van der Waals surface area contributed by atoms with Crippen molar-refractivity contribution in [3.05, 3.63) is 23.9 Å². The number of aliphatic hydroxyl groups excluding tert-OH is 1. The predicted molar refractivity (Wildman–Crippen MR) is 83.3 cm³/mol. The lowest BCUT2D eigenvalue weighted by Gasteiger charge is -2.20. The molecule has 0 aliphatic heterocycles. The third-order valence-corrected chi connectivity index (χ3v) is 4.05. The van der Waals surface area contributed by atoms with Crippen molar-refractivity contribution in [3.63, 3.8) is 0 Å². The molecule has 5 heteroatoms. The van der Waals surface area contributed by atoms with Crippen LogP contribution in [0.5, 0.6) is 0 Å². The SMILES string of the molecule is CCCNC(=O)c1ccc(NC2CCCC2CCO)nc1. The predicted octanol–water partition coefficient (Wildman–Crippen LogP) is 2.18. The molecule has 116 valence electrons. The zero-order chi connectivity index (χ0) is 15.1. The lowest BCUT2D eigenvalue weighted by atomic mass is 10.00. The molecule has 1 aliphatic rings. The first-order valence-electron chi connectivity index (χ1n) is 7.86. The van der Waals surface area contributed by atoms with Crippen LogP contribution >= 0.6 is 0 Å². The average Bonchev–Trinajstić information content (AvgIpc) is 2.93. The van der Waals surface area contributed by atoms with E-state index in [1.165, 1.54) is 6.42 Å². The summed E-state index contributed by atoms with van der Waals surface area (Å²) >= 11 is 0. The molecule has 0 spiro atoms. The van der Waals surface area contributed by atoms with Gasteiger partial charge in [0.25, 0.3) is 5.91 Å². The van der Waals surface area contributed by atoms with Crippen molar-refractivity contribution in [1.29, 1.82) is 0 Å². The molecule has 2 atom stereocenters. The summed E-state index contributed by atoms with van der Waals surface area (Å²) in [6.45, 7) is 2.95. The van der Waals surface area contributed by atoms with Gasteiger partial charge in [-0.3, -0.25) is 4.79 Å². The van der Waals surface area contributed by atoms with Crippen LogP contribution in [-0.4, -0.2) is 35.2 Å². The Bertz CT molecular complexity index is 447. The Balaban J connectivity index is 1.91. The number of hydrogen-bond donors (Lipinski definition) is 3. The maximum Gasteiger partial charge on any atom is 0.252 e. The molecule has 5 nitrogen and oxygen atoms in total. The number of carbonyl (C=O) groups is 1. The molecule has 0 radical (unpaired) electrons. The molecule has 1 fully saturated rings. The van der Waals surface area contributed by atoms with Gasteiger partial charge in [-0.15, -0.1) is 0 Å². The lowest BCUT2D eigenvalue weighted by molar-refractivity contribution is 0.0953. The van der Waals surface area contributed by atoms with Gasteiger partial charge in [0.05, 0.1) is 5.56 Å². The van der Waals surface area contributed by atoms with Crippen molar-refractivity contribution >= 4 is 11.7 Å². The van der Waals surface area contributed by atoms with E-state index < -0.39 is 0 Å². The third kappa shape index (κ3) is 4.43. The number of rotatable bonds is 7. The first-order valence-corrected chi connectivity index (χ1v) is 7.86. The van der Waals surface area contributed by atoms with Crippen LogP contribution in [0.1, 0.15) is 49.4 Å². The fourth-order valence-electron chi connectivity index (χ4n) is 2.88. The minimum atomic E-state index is -0.0741. The molecule has 1 saturated carbocycles. The number of pyridine rings is 1. The van der Waals surface area contributed by atoms with E-state index in [4.69, 9.17) is 5.11 Å². The number of nitrogens with one attached hydrogen (secondary N) is 2. The Morgan fingerprint density at radius 3 is 2.95 bits per heavy atom. The third-order valence-electron chi connectivity index (χ3n) is 4.05. The van der Waals surface area contributed by atoms with Crippen LogP contribution in [0, 0.1) is 5.92 Å². The Morgan fingerprint density at radius 1 is 1.43 bits per heavy atom. The van der Waals surface area contributed by atoms with Crippen LogP contribution in [-0.2, 0) is 0 Å². The highest BCUT2D eigenvalue weighted by molar-refractivity contribution is 5.94. The molecule has 21 heavy (non-hydrogen) atoms. The Morgan fingerprint density at radius 2 is 2.29 bits per heavy atom. The highest BCUT2D eigenvalue weighted by atomic mass is 16.3. The molecule has 2 unspecified atom stereocenters. The zero-order valence-corrected chi connectivity index (χ0v) is 12.6. The maximum atomic E-state index is 11.8. The molecular formula is C16H25N3O2. The molecule has 0 aromatic carbocycles. The first-order chi connectivity index (χ1) is 10.2. The van der Waals surface area contributed by atoms with Gasteiger partial charge in [0.15, 0.2) is 0 Å². The number of aromatic nitrogens is 1. The van der Waals surface area contributed by atoms with Crippen molar-refractivity contribution < 1.29 is 9.90 Å². The number of hydrogen-bond acceptors (Lipinski definition) is 4. The van der Waals surface area contributed by atoms with Crippen LogP contribution in [0.2, 0.25) is 0 Å². The number of nitrogens with zero attached hydrogens (tertiary/aromatic N) is 1. The average molecular weight is 291 g/mol. The van der Waals surface area contributed by atoms with Crippen LogP contribution in [0.15, 0.2) is 18.3 Å². The standard InChI is InChI=1S/C16H25N3O2/c1-2-9-17-16(21)13-6-7-15(18-11-13)19-14-5-3-4-12(14)8-10-20/h6-7,11-12,14,20H,2-5,8-10H2,1H3,(H,17,21)(H,18,19). The molecule has 2 rings (SSSR count). The monoisotopic (exact) mass is 291 g/mol. The van der Waals surface area contributed by atoms with Gasteiger partial charge < -0.3 is 15.7 Å². The molecule has 1 aromatic heterocycles. The van der Waals surface area contributed by atoms with E-state index in [0.717, 1.165) is 31.5 Å². The smallest absolute Gasteiger partial charge is 0.252 e. The molecule has 1 aliphatic carbocycles. The van der Waals surface area contributed by atoms with E-state index in [1.807, 2.05) is 13.0 Å². The lowest BCUT2D eigenvalue weighted by Crippen LogP contribution is -2.26. The van der Waals surface area contributed by atoms with E-state index >= 15 is 0 Å². The van der Waals surface area contributed by atoms with Gasteiger partial charge in [0.1, 0.15) is 5.82 Å². The second-order valence-electron chi connectivity index (χ2n) is 5.64. The van der Waals surface area contributed by atoms with Gasteiger partial charge in [-0.25, -0.2) is 4.98 Å². The Kier molecular flexibility index (Phi) is 5.99. The number of aliphatic hydroxyl groups is 1. The van der Waals surface area contributed by atoms with E-state index in [0.29, 0.717) is 24.1 Å². The Hall–Kier alpha value is -1.62.